The van der Waals surface area contributed by atoms with Crippen molar-refractivity contribution in [3.63, 3.8) is 0 Å². The van der Waals surface area contributed by atoms with Crippen LogP contribution < -0.4 is 4.90 Å². The number of anilines is 1. The molecule has 98 valence electrons. The van der Waals surface area contributed by atoms with Crippen molar-refractivity contribution in [2.24, 2.45) is 0 Å². The summed E-state index contributed by atoms with van der Waals surface area (Å²) in [5.74, 6) is 0. The Kier molecular flexibility index (Phi) is 3.52. The quantitative estimate of drug-likeness (QED) is 0.783. The van der Waals surface area contributed by atoms with E-state index < -0.39 is 12.7 Å². The van der Waals surface area contributed by atoms with Crippen molar-refractivity contribution in [1.29, 1.82) is 0 Å². The smallest absolute Gasteiger partial charge is 0.359 e. The predicted octanol–water partition coefficient (Wildman–Crippen LogP) is 3.68. The molecule has 1 aliphatic rings. The molecule has 0 unspecified atom stereocenters. The van der Waals surface area contributed by atoms with Gasteiger partial charge in [0.15, 0.2) is 6.29 Å². The lowest BCUT2D eigenvalue weighted by molar-refractivity contribution is -0.120. The molecule has 0 heterocycles. The second-order valence-corrected chi connectivity index (χ2v) is 4.71. The molecule has 1 aromatic rings. The van der Waals surface area contributed by atoms with Crippen molar-refractivity contribution in [3.8, 4) is 0 Å². The van der Waals surface area contributed by atoms with E-state index in [1.54, 1.807) is 0 Å². The summed E-state index contributed by atoms with van der Waals surface area (Å²) in [6.07, 6.45) is -2.16. The molecule has 1 saturated carbocycles. The molecule has 1 aromatic carbocycles. The number of carbonyl (C=O) groups is 1. The van der Waals surface area contributed by atoms with Crippen molar-refractivity contribution in [1.82, 2.24) is 0 Å². The average Bonchev–Trinajstić information content (AvgIpc) is 3.08. The standard InChI is InChI=1S/C12H11ClF3NO/c13-11-5-10(2-1-8(11)6-18)17(9-3-4-9)7-12(14,15)16/h1-2,5-6,9H,3-4,7H2. The summed E-state index contributed by atoms with van der Waals surface area (Å²) >= 11 is 5.83. The highest BCUT2D eigenvalue weighted by Crippen LogP contribution is 2.35. The van der Waals surface area contributed by atoms with Crippen molar-refractivity contribution in [2.45, 2.75) is 25.1 Å². The van der Waals surface area contributed by atoms with Crippen LogP contribution in [0.4, 0.5) is 18.9 Å². The van der Waals surface area contributed by atoms with E-state index in [0.29, 0.717) is 12.0 Å². The second kappa shape index (κ2) is 4.80. The number of halogens is 4. The average molecular weight is 278 g/mol. The largest absolute Gasteiger partial charge is 0.405 e. The summed E-state index contributed by atoms with van der Waals surface area (Å²) in [6, 6.07) is 4.27. The normalized spacial score (nSPS) is 15.6. The van der Waals surface area contributed by atoms with Crippen molar-refractivity contribution in [2.75, 3.05) is 11.4 Å². The van der Waals surface area contributed by atoms with Crippen LogP contribution in [0.2, 0.25) is 5.02 Å². The molecule has 0 saturated heterocycles. The summed E-state index contributed by atoms with van der Waals surface area (Å²) in [7, 11) is 0. The fraction of sp³-hybridized carbons (Fsp3) is 0.417. The van der Waals surface area contributed by atoms with Gasteiger partial charge in [0.2, 0.25) is 0 Å². The highest BCUT2D eigenvalue weighted by atomic mass is 35.5. The molecular weight excluding hydrogens is 267 g/mol. The Morgan fingerprint density at radius 3 is 2.50 bits per heavy atom. The molecule has 2 nitrogen and oxygen atoms in total. The fourth-order valence-electron chi connectivity index (χ4n) is 1.80. The van der Waals surface area contributed by atoms with Gasteiger partial charge in [0.05, 0.1) is 5.02 Å². The first kappa shape index (κ1) is 13.2. The molecule has 0 amide bonds. The summed E-state index contributed by atoms with van der Waals surface area (Å²) < 4.78 is 37.5. The highest BCUT2D eigenvalue weighted by molar-refractivity contribution is 6.33. The van der Waals surface area contributed by atoms with Crippen molar-refractivity contribution >= 4 is 23.6 Å². The number of rotatable bonds is 4. The fourth-order valence-corrected chi connectivity index (χ4v) is 2.02. The van der Waals surface area contributed by atoms with Gasteiger partial charge in [-0.1, -0.05) is 11.6 Å². The van der Waals surface area contributed by atoms with Crippen LogP contribution in [0.1, 0.15) is 23.2 Å². The molecule has 6 heteroatoms. The van der Waals surface area contributed by atoms with Gasteiger partial charge in [-0.2, -0.15) is 13.2 Å². The Labute approximate surface area is 107 Å². The molecule has 0 atom stereocenters. The lowest BCUT2D eigenvalue weighted by Crippen LogP contribution is -2.35. The number of hydrogen-bond donors (Lipinski definition) is 0. The lowest BCUT2D eigenvalue weighted by atomic mass is 10.2. The molecule has 0 aliphatic heterocycles. The zero-order chi connectivity index (χ0) is 13.3. The van der Waals surface area contributed by atoms with Crippen molar-refractivity contribution in [3.05, 3.63) is 28.8 Å². The maximum absolute atomic E-state index is 12.5. The molecule has 1 fully saturated rings. The summed E-state index contributed by atoms with van der Waals surface area (Å²) in [5, 5.41) is 0.176. The van der Waals surface area contributed by atoms with Crippen LogP contribution >= 0.6 is 11.6 Å². The highest BCUT2D eigenvalue weighted by Gasteiger charge is 2.38. The minimum Gasteiger partial charge on any atom is -0.359 e. The van der Waals surface area contributed by atoms with E-state index in [0.717, 1.165) is 12.8 Å². The maximum Gasteiger partial charge on any atom is 0.405 e. The van der Waals surface area contributed by atoms with E-state index in [4.69, 9.17) is 11.6 Å². The van der Waals surface area contributed by atoms with E-state index >= 15 is 0 Å². The number of benzene rings is 1. The van der Waals surface area contributed by atoms with Gasteiger partial charge in [-0.05, 0) is 31.0 Å². The van der Waals surface area contributed by atoms with E-state index in [-0.39, 0.29) is 16.6 Å². The molecule has 0 aromatic heterocycles. The molecule has 18 heavy (non-hydrogen) atoms. The van der Waals surface area contributed by atoms with Crippen LogP contribution in [0.5, 0.6) is 0 Å². The SMILES string of the molecule is O=Cc1ccc(N(CC(F)(F)F)C2CC2)cc1Cl. The maximum atomic E-state index is 12.5. The molecule has 2 rings (SSSR count). The second-order valence-electron chi connectivity index (χ2n) is 4.30. The molecule has 0 spiro atoms. The van der Waals surface area contributed by atoms with Gasteiger partial charge in [-0.15, -0.1) is 0 Å². The van der Waals surface area contributed by atoms with E-state index in [9.17, 15) is 18.0 Å². The first-order chi connectivity index (χ1) is 8.40. The Morgan fingerprint density at radius 1 is 1.39 bits per heavy atom. The molecular formula is C12H11ClF3NO. The van der Waals surface area contributed by atoms with E-state index in [2.05, 4.69) is 0 Å². The van der Waals surface area contributed by atoms with Crippen LogP contribution in [0.15, 0.2) is 18.2 Å². The van der Waals surface area contributed by atoms with Crippen LogP contribution in [0.3, 0.4) is 0 Å². The topological polar surface area (TPSA) is 20.3 Å². The van der Waals surface area contributed by atoms with Gasteiger partial charge in [-0.25, -0.2) is 0 Å². The van der Waals surface area contributed by atoms with Gasteiger partial charge >= 0.3 is 6.18 Å². The third-order valence-corrected chi connectivity index (χ3v) is 3.11. The Balaban J connectivity index is 2.25. The summed E-state index contributed by atoms with van der Waals surface area (Å²) in [4.78, 5) is 11.9. The van der Waals surface area contributed by atoms with Gasteiger partial charge < -0.3 is 4.90 Å². The predicted molar refractivity (Wildman–Crippen MR) is 63.3 cm³/mol. The molecule has 0 radical (unpaired) electrons. The zero-order valence-electron chi connectivity index (χ0n) is 9.38. The Bertz CT molecular complexity index is 457. The lowest BCUT2D eigenvalue weighted by Gasteiger charge is -2.26. The van der Waals surface area contributed by atoms with Crippen LogP contribution in [-0.2, 0) is 0 Å². The van der Waals surface area contributed by atoms with Crippen molar-refractivity contribution < 1.29 is 18.0 Å². The molecule has 0 bridgehead atoms. The first-order valence-electron chi connectivity index (χ1n) is 5.49. The summed E-state index contributed by atoms with van der Waals surface area (Å²) in [6.45, 7) is -0.992. The monoisotopic (exact) mass is 277 g/mol. The van der Waals surface area contributed by atoms with E-state index in [1.807, 2.05) is 0 Å². The van der Waals surface area contributed by atoms with Gasteiger partial charge in [0.25, 0.3) is 0 Å². The number of aldehydes is 1. The Hall–Kier alpha value is -1.23. The van der Waals surface area contributed by atoms with Gasteiger partial charge in [0, 0.05) is 17.3 Å². The van der Waals surface area contributed by atoms with Gasteiger partial charge in [0.1, 0.15) is 6.54 Å². The number of hydrogen-bond acceptors (Lipinski definition) is 2. The van der Waals surface area contributed by atoms with Crippen LogP contribution in [0.25, 0.3) is 0 Å². The van der Waals surface area contributed by atoms with Crippen LogP contribution in [-0.4, -0.2) is 25.0 Å². The third-order valence-electron chi connectivity index (χ3n) is 2.78. The zero-order valence-corrected chi connectivity index (χ0v) is 10.1. The minimum absolute atomic E-state index is 0.0789. The first-order valence-corrected chi connectivity index (χ1v) is 5.86. The number of alkyl halides is 3. The van der Waals surface area contributed by atoms with E-state index in [1.165, 1.54) is 23.1 Å². The third kappa shape index (κ3) is 3.16. The minimum atomic E-state index is -4.25. The summed E-state index contributed by atoms with van der Waals surface area (Å²) in [5.41, 5.74) is 0.689. The van der Waals surface area contributed by atoms with Crippen LogP contribution in [0, 0.1) is 0 Å². The van der Waals surface area contributed by atoms with Gasteiger partial charge in [-0.3, -0.25) is 4.79 Å². The molecule has 0 N–H and O–H groups in total. The molecule has 1 aliphatic carbocycles. The number of nitrogens with zero attached hydrogens (tertiary/aromatic N) is 1. The number of carbonyl (C=O) groups excluding carboxylic acids is 1. The Morgan fingerprint density at radius 2 is 2.06 bits per heavy atom.